The predicted molar refractivity (Wildman–Crippen MR) is 206 cm³/mol. The Balaban J connectivity index is 1.18. The van der Waals surface area contributed by atoms with Crippen molar-refractivity contribution in [3.63, 3.8) is 0 Å². The van der Waals surface area contributed by atoms with Crippen LogP contribution in [0.4, 0.5) is 0 Å². The van der Waals surface area contributed by atoms with Crippen LogP contribution < -0.4 is 0 Å². The van der Waals surface area contributed by atoms with Crippen molar-refractivity contribution < 1.29 is 0 Å². The van der Waals surface area contributed by atoms with Crippen molar-refractivity contribution in [3.8, 4) is 55.6 Å². The molecule has 0 saturated carbocycles. The average molecular weight is 609 g/mol. The van der Waals surface area contributed by atoms with Gasteiger partial charge in [-0.1, -0.05) is 182 Å². The van der Waals surface area contributed by atoms with Gasteiger partial charge in [0.15, 0.2) is 0 Å². The van der Waals surface area contributed by atoms with Gasteiger partial charge in [-0.2, -0.15) is 0 Å². The number of hydrogen-bond donors (Lipinski definition) is 0. The van der Waals surface area contributed by atoms with E-state index >= 15 is 0 Å². The van der Waals surface area contributed by atoms with E-state index in [2.05, 4.69) is 194 Å². The first-order valence-corrected chi connectivity index (χ1v) is 16.6. The first-order chi connectivity index (χ1) is 23.8. The van der Waals surface area contributed by atoms with E-state index in [0.29, 0.717) is 0 Å². The summed E-state index contributed by atoms with van der Waals surface area (Å²) in [5.74, 6) is 0. The summed E-state index contributed by atoms with van der Waals surface area (Å²) in [7, 11) is 0. The highest BCUT2D eigenvalue weighted by Crippen LogP contribution is 2.44. The zero-order valence-corrected chi connectivity index (χ0v) is 26.5. The molecular weight excluding hydrogens is 577 g/mol. The molecule has 0 atom stereocenters. The van der Waals surface area contributed by atoms with Gasteiger partial charge in [-0.3, -0.25) is 0 Å². The molecule has 0 bridgehead atoms. The van der Waals surface area contributed by atoms with Gasteiger partial charge in [0.05, 0.1) is 0 Å². The molecule has 0 N–H and O–H groups in total. The molecule has 0 spiro atoms. The van der Waals surface area contributed by atoms with Gasteiger partial charge in [-0.05, 0) is 100 Å². The summed E-state index contributed by atoms with van der Waals surface area (Å²) in [5.41, 5.74) is 12.4. The quantitative estimate of drug-likeness (QED) is 0.171. The third-order valence-electron chi connectivity index (χ3n) is 9.66. The Morgan fingerprint density at radius 1 is 0.208 bits per heavy atom. The van der Waals surface area contributed by atoms with Crippen LogP contribution in [0.1, 0.15) is 0 Å². The Hall–Kier alpha value is -6.24. The Labute approximate surface area is 281 Å². The Morgan fingerprint density at radius 2 is 0.646 bits per heavy atom. The number of hydrogen-bond acceptors (Lipinski definition) is 0. The standard InChI is InChI=1S/C48H32/c1-3-13-33(14-4-1)38-18-11-19-39(31-38)34-25-27-36(28-26-34)41-24-12-17-35-29-30-40(32-46(35)41)48-44-22-9-7-20-42(44)47(37-15-5-2-6-16-37)43-21-8-10-23-45(43)48/h1-32H. The second kappa shape index (κ2) is 11.8. The van der Waals surface area contributed by atoms with E-state index in [1.54, 1.807) is 0 Å². The molecule has 0 aliphatic heterocycles. The van der Waals surface area contributed by atoms with Gasteiger partial charge in [0.2, 0.25) is 0 Å². The highest BCUT2D eigenvalue weighted by molar-refractivity contribution is 6.22. The summed E-state index contributed by atoms with van der Waals surface area (Å²) in [4.78, 5) is 0. The van der Waals surface area contributed by atoms with Gasteiger partial charge in [-0.25, -0.2) is 0 Å². The molecule has 9 aromatic carbocycles. The lowest BCUT2D eigenvalue weighted by molar-refractivity contribution is 1.58. The van der Waals surface area contributed by atoms with Gasteiger partial charge in [-0.15, -0.1) is 0 Å². The smallest absolute Gasteiger partial charge is 0.00261 e. The molecule has 9 aromatic rings. The van der Waals surface area contributed by atoms with Crippen LogP contribution in [0.3, 0.4) is 0 Å². The molecule has 0 radical (unpaired) electrons. The van der Waals surface area contributed by atoms with Gasteiger partial charge in [0.1, 0.15) is 0 Å². The van der Waals surface area contributed by atoms with Crippen molar-refractivity contribution in [2.24, 2.45) is 0 Å². The van der Waals surface area contributed by atoms with E-state index in [-0.39, 0.29) is 0 Å². The minimum Gasteiger partial charge on any atom is -0.0622 e. The second-order valence-corrected chi connectivity index (χ2v) is 12.5. The fourth-order valence-electron chi connectivity index (χ4n) is 7.39. The lowest BCUT2D eigenvalue weighted by Gasteiger charge is -2.18. The monoisotopic (exact) mass is 608 g/mol. The molecule has 0 aromatic heterocycles. The summed E-state index contributed by atoms with van der Waals surface area (Å²) < 4.78 is 0. The molecule has 0 aliphatic rings. The SMILES string of the molecule is c1ccc(-c2cccc(-c3ccc(-c4cccc5ccc(-c6c7ccccc7c(-c7ccccc7)c7ccccc67)cc45)cc3)c2)cc1. The molecule has 0 aliphatic carbocycles. The summed E-state index contributed by atoms with van der Waals surface area (Å²) in [6.45, 7) is 0. The van der Waals surface area contributed by atoms with E-state index in [0.717, 1.165) is 0 Å². The van der Waals surface area contributed by atoms with Crippen molar-refractivity contribution in [1.29, 1.82) is 0 Å². The van der Waals surface area contributed by atoms with Gasteiger partial charge in [0, 0.05) is 0 Å². The Kier molecular flexibility index (Phi) is 6.91. The van der Waals surface area contributed by atoms with Crippen molar-refractivity contribution in [3.05, 3.63) is 194 Å². The first kappa shape index (κ1) is 28.0. The molecule has 48 heavy (non-hydrogen) atoms. The van der Waals surface area contributed by atoms with Crippen LogP contribution in [0.5, 0.6) is 0 Å². The maximum absolute atomic E-state index is 2.40. The van der Waals surface area contributed by atoms with E-state index in [1.165, 1.54) is 88.0 Å². The first-order valence-electron chi connectivity index (χ1n) is 16.6. The summed E-state index contributed by atoms with van der Waals surface area (Å²) in [6.07, 6.45) is 0. The average Bonchev–Trinajstić information content (AvgIpc) is 3.17. The van der Waals surface area contributed by atoms with E-state index < -0.39 is 0 Å². The van der Waals surface area contributed by atoms with Crippen LogP contribution in [0.25, 0.3) is 88.0 Å². The maximum atomic E-state index is 2.40. The maximum Gasteiger partial charge on any atom is -0.00261 e. The van der Waals surface area contributed by atoms with E-state index in [4.69, 9.17) is 0 Å². The van der Waals surface area contributed by atoms with Gasteiger partial charge >= 0.3 is 0 Å². The second-order valence-electron chi connectivity index (χ2n) is 12.5. The summed E-state index contributed by atoms with van der Waals surface area (Å²) in [5, 5.41) is 7.60. The Morgan fingerprint density at radius 3 is 1.25 bits per heavy atom. The lowest BCUT2D eigenvalue weighted by atomic mass is 9.85. The van der Waals surface area contributed by atoms with Crippen LogP contribution in [0, 0.1) is 0 Å². The van der Waals surface area contributed by atoms with Crippen LogP contribution >= 0.6 is 0 Å². The molecule has 224 valence electrons. The number of fused-ring (bicyclic) bond motifs is 3. The molecular formula is C48H32. The van der Waals surface area contributed by atoms with Crippen LogP contribution in [-0.4, -0.2) is 0 Å². The van der Waals surface area contributed by atoms with Crippen molar-refractivity contribution in [1.82, 2.24) is 0 Å². The lowest BCUT2D eigenvalue weighted by Crippen LogP contribution is -1.91. The molecule has 0 heteroatoms. The molecule has 0 nitrogen and oxygen atoms in total. The number of benzene rings is 9. The van der Waals surface area contributed by atoms with E-state index in [1.807, 2.05) is 0 Å². The predicted octanol–water partition coefficient (Wildman–Crippen LogP) is 13.5. The molecule has 0 fully saturated rings. The zero-order valence-electron chi connectivity index (χ0n) is 26.5. The van der Waals surface area contributed by atoms with Gasteiger partial charge < -0.3 is 0 Å². The highest BCUT2D eigenvalue weighted by Gasteiger charge is 2.17. The van der Waals surface area contributed by atoms with Crippen LogP contribution in [0.15, 0.2) is 194 Å². The normalized spacial score (nSPS) is 11.3. The molecule has 0 heterocycles. The third-order valence-corrected chi connectivity index (χ3v) is 9.66. The molecule has 0 amide bonds. The van der Waals surface area contributed by atoms with Gasteiger partial charge in [0.25, 0.3) is 0 Å². The van der Waals surface area contributed by atoms with Crippen molar-refractivity contribution in [2.45, 2.75) is 0 Å². The minimum absolute atomic E-state index is 1.22. The zero-order chi connectivity index (χ0) is 31.9. The molecule has 0 unspecified atom stereocenters. The van der Waals surface area contributed by atoms with Crippen molar-refractivity contribution >= 4 is 32.3 Å². The van der Waals surface area contributed by atoms with Crippen molar-refractivity contribution in [2.75, 3.05) is 0 Å². The molecule has 9 rings (SSSR count). The highest BCUT2D eigenvalue weighted by atomic mass is 14.2. The number of rotatable bonds is 5. The van der Waals surface area contributed by atoms with Crippen LogP contribution in [-0.2, 0) is 0 Å². The molecule has 0 saturated heterocycles. The topological polar surface area (TPSA) is 0 Å². The third kappa shape index (κ3) is 4.87. The minimum atomic E-state index is 1.22. The largest absolute Gasteiger partial charge is 0.0622 e. The fraction of sp³-hybridized carbons (Fsp3) is 0. The van der Waals surface area contributed by atoms with E-state index in [9.17, 15) is 0 Å². The Bertz CT molecular complexity index is 2520. The summed E-state index contributed by atoms with van der Waals surface area (Å²) >= 11 is 0. The fourth-order valence-corrected chi connectivity index (χ4v) is 7.39. The summed E-state index contributed by atoms with van der Waals surface area (Å²) in [6, 6.07) is 70.7. The van der Waals surface area contributed by atoms with Crippen LogP contribution in [0.2, 0.25) is 0 Å².